The van der Waals surface area contributed by atoms with Gasteiger partial charge in [0.25, 0.3) is 5.91 Å². The van der Waals surface area contributed by atoms with Gasteiger partial charge in [-0.05, 0) is 61.4 Å². The first-order valence-electron chi connectivity index (χ1n) is 9.39. The maximum absolute atomic E-state index is 12.2. The average Bonchev–Trinajstić information content (AvgIpc) is 3.15. The molecular formula is C22H24N4O4. The first-order chi connectivity index (χ1) is 14.4. The number of hydrogen-bond acceptors (Lipinski definition) is 5. The van der Waals surface area contributed by atoms with Crippen LogP contribution in [0.25, 0.3) is 0 Å². The summed E-state index contributed by atoms with van der Waals surface area (Å²) in [6.07, 6.45) is 3.07. The Hall–Kier alpha value is -3.81. The summed E-state index contributed by atoms with van der Waals surface area (Å²) in [6.45, 7) is 3.90. The lowest BCUT2D eigenvalue weighted by molar-refractivity contribution is -0.118. The van der Waals surface area contributed by atoms with Gasteiger partial charge in [0, 0.05) is 11.9 Å². The van der Waals surface area contributed by atoms with E-state index in [1.165, 1.54) is 10.9 Å². The Morgan fingerprint density at radius 2 is 1.63 bits per heavy atom. The second-order valence-electron chi connectivity index (χ2n) is 6.79. The third-order valence-electron chi connectivity index (χ3n) is 4.44. The molecule has 3 rings (SSSR count). The van der Waals surface area contributed by atoms with E-state index >= 15 is 0 Å². The number of benzene rings is 2. The van der Waals surface area contributed by atoms with Crippen molar-refractivity contribution >= 4 is 23.2 Å². The van der Waals surface area contributed by atoms with E-state index in [9.17, 15) is 9.59 Å². The molecule has 2 N–H and O–H groups in total. The summed E-state index contributed by atoms with van der Waals surface area (Å²) in [4.78, 5) is 24.3. The van der Waals surface area contributed by atoms with E-state index in [1.54, 1.807) is 37.6 Å². The van der Waals surface area contributed by atoms with Crippen LogP contribution in [0.2, 0.25) is 0 Å². The smallest absolute Gasteiger partial charge is 0.262 e. The van der Waals surface area contributed by atoms with Gasteiger partial charge in [-0.25, -0.2) is 0 Å². The molecule has 0 aliphatic rings. The fraction of sp³-hybridized carbons (Fsp3) is 0.227. The quantitative estimate of drug-likeness (QED) is 0.597. The van der Waals surface area contributed by atoms with Gasteiger partial charge in [0.2, 0.25) is 5.91 Å². The molecule has 0 fully saturated rings. The molecule has 0 radical (unpaired) electrons. The molecule has 156 valence electrons. The molecule has 0 aliphatic carbocycles. The molecule has 2 aromatic carbocycles. The molecule has 0 spiro atoms. The van der Waals surface area contributed by atoms with Crippen LogP contribution in [0.3, 0.4) is 0 Å². The number of amides is 2. The zero-order valence-corrected chi connectivity index (χ0v) is 17.1. The molecule has 0 saturated heterocycles. The molecule has 8 heteroatoms. The Morgan fingerprint density at radius 1 is 0.933 bits per heavy atom. The van der Waals surface area contributed by atoms with Gasteiger partial charge < -0.3 is 20.1 Å². The maximum Gasteiger partial charge on any atom is 0.262 e. The molecule has 1 aromatic heterocycles. The maximum atomic E-state index is 12.2. The van der Waals surface area contributed by atoms with Crippen LogP contribution in [-0.2, 0) is 16.1 Å². The zero-order valence-electron chi connectivity index (χ0n) is 17.1. The minimum Gasteiger partial charge on any atom is -0.497 e. The molecule has 0 atom stereocenters. The standard InChI is InChI=1S/C22H24N4O4/c1-15-4-7-20(10-16(15)2)30-14-22(28)25-18-11-23-26(12-18)13-21(27)24-17-5-8-19(29-3)9-6-17/h4-12H,13-14H2,1-3H3,(H,24,27)(H,25,28). The Bertz CT molecular complexity index is 1030. The Kier molecular flexibility index (Phi) is 6.69. The lowest BCUT2D eigenvalue weighted by atomic mass is 10.1. The van der Waals surface area contributed by atoms with Gasteiger partial charge in [-0.3, -0.25) is 14.3 Å². The van der Waals surface area contributed by atoms with Crippen LogP contribution >= 0.6 is 0 Å². The minimum atomic E-state index is -0.310. The van der Waals surface area contributed by atoms with Crippen LogP contribution in [0.4, 0.5) is 11.4 Å². The lowest BCUT2D eigenvalue weighted by Crippen LogP contribution is -2.20. The number of hydrogen-bond donors (Lipinski definition) is 2. The van der Waals surface area contributed by atoms with Crippen LogP contribution < -0.4 is 20.1 Å². The molecule has 0 bridgehead atoms. The zero-order chi connectivity index (χ0) is 21.5. The van der Waals surface area contributed by atoms with Crippen molar-refractivity contribution in [2.45, 2.75) is 20.4 Å². The van der Waals surface area contributed by atoms with Crippen LogP contribution in [0.15, 0.2) is 54.9 Å². The Morgan fingerprint density at radius 3 is 2.33 bits per heavy atom. The van der Waals surface area contributed by atoms with Crippen LogP contribution in [-0.4, -0.2) is 35.3 Å². The van der Waals surface area contributed by atoms with Crippen LogP contribution in [0.5, 0.6) is 11.5 Å². The molecule has 0 unspecified atom stereocenters. The second-order valence-corrected chi connectivity index (χ2v) is 6.79. The van der Waals surface area contributed by atoms with E-state index in [0.717, 1.165) is 11.1 Å². The highest BCUT2D eigenvalue weighted by Crippen LogP contribution is 2.17. The van der Waals surface area contributed by atoms with E-state index < -0.39 is 0 Å². The lowest BCUT2D eigenvalue weighted by Gasteiger charge is -2.08. The third-order valence-corrected chi connectivity index (χ3v) is 4.44. The summed E-state index contributed by atoms with van der Waals surface area (Å²) in [6, 6.07) is 12.7. The molecule has 1 heterocycles. The fourth-order valence-corrected chi connectivity index (χ4v) is 2.69. The number of aromatic nitrogens is 2. The number of nitrogens with one attached hydrogen (secondary N) is 2. The Balaban J connectivity index is 1.47. The number of carbonyl (C=O) groups is 2. The van der Waals surface area contributed by atoms with E-state index in [0.29, 0.717) is 22.9 Å². The summed E-state index contributed by atoms with van der Waals surface area (Å²) in [5.41, 5.74) is 3.41. The normalized spacial score (nSPS) is 10.4. The highest BCUT2D eigenvalue weighted by atomic mass is 16.5. The summed E-state index contributed by atoms with van der Waals surface area (Å²) in [5.74, 6) is 0.802. The first kappa shape index (κ1) is 20.9. The summed E-state index contributed by atoms with van der Waals surface area (Å²) in [7, 11) is 1.58. The average molecular weight is 408 g/mol. The van der Waals surface area contributed by atoms with E-state index in [2.05, 4.69) is 15.7 Å². The summed E-state index contributed by atoms with van der Waals surface area (Å²) in [5, 5.41) is 9.58. The highest BCUT2D eigenvalue weighted by Gasteiger charge is 2.09. The van der Waals surface area contributed by atoms with E-state index in [-0.39, 0.29) is 25.0 Å². The number of nitrogens with zero attached hydrogens (tertiary/aromatic N) is 2. The molecule has 2 amide bonds. The number of methoxy groups -OCH3 is 1. The number of carbonyl (C=O) groups excluding carboxylic acids is 2. The molecule has 3 aromatic rings. The van der Waals surface area contributed by atoms with Crippen LogP contribution in [0.1, 0.15) is 11.1 Å². The van der Waals surface area contributed by atoms with Gasteiger partial charge in [-0.2, -0.15) is 5.10 Å². The number of aryl methyl sites for hydroxylation is 2. The highest BCUT2D eigenvalue weighted by molar-refractivity contribution is 5.92. The molecule has 0 aliphatic heterocycles. The fourth-order valence-electron chi connectivity index (χ4n) is 2.69. The van der Waals surface area contributed by atoms with Crippen molar-refractivity contribution in [1.82, 2.24) is 9.78 Å². The van der Waals surface area contributed by atoms with Crippen molar-refractivity contribution in [3.8, 4) is 11.5 Å². The molecular weight excluding hydrogens is 384 g/mol. The van der Waals surface area contributed by atoms with Crippen molar-refractivity contribution in [3.63, 3.8) is 0 Å². The number of rotatable bonds is 8. The largest absolute Gasteiger partial charge is 0.497 e. The van der Waals surface area contributed by atoms with E-state index in [1.807, 2.05) is 32.0 Å². The molecule has 0 saturated carbocycles. The predicted octanol–water partition coefficient (Wildman–Crippen LogP) is 3.16. The van der Waals surface area contributed by atoms with E-state index in [4.69, 9.17) is 9.47 Å². The van der Waals surface area contributed by atoms with Gasteiger partial charge in [-0.1, -0.05) is 6.07 Å². The van der Waals surface area contributed by atoms with Gasteiger partial charge in [-0.15, -0.1) is 0 Å². The minimum absolute atomic E-state index is 0.0149. The summed E-state index contributed by atoms with van der Waals surface area (Å²) >= 11 is 0. The van der Waals surface area contributed by atoms with Crippen molar-refractivity contribution in [3.05, 3.63) is 66.0 Å². The van der Waals surface area contributed by atoms with Gasteiger partial charge >= 0.3 is 0 Å². The Labute approximate surface area is 174 Å². The number of ether oxygens (including phenoxy) is 2. The monoisotopic (exact) mass is 408 g/mol. The van der Waals surface area contributed by atoms with Gasteiger partial charge in [0.1, 0.15) is 18.0 Å². The second kappa shape index (κ2) is 9.60. The summed E-state index contributed by atoms with van der Waals surface area (Å²) < 4.78 is 12.0. The van der Waals surface area contributed by atoms with Crippen molar-refractivity contribution < 1.29 is 19.1 Å². The van der Waals surface area contributed by atoms with Crippen molar-refractivity contribution in [1.29, 1.82) is 0 Å². The SMILES string of the molecule is COc1ccc(NC(=O)Cn2cc(NC(=O)COc3ccc(C)c(C)c3)cn2)cc1. The van der Waals surface area contributed by atoms with Gasteiger partial charge in [0.05, 0.1) is 19.0 Å². The third kappa shape index (κ3) is 5.84. The van der Waals surface area contributed by atoms with Crippen LogP contribution in [0, 0.1) is 13.8 Å². The van der Waals surface area contributed by atoms with Crippen molar-refractivity contribution in [2.75, 3.05) is 24.4 Å². The predicted molar refractivity (Wildman–Crippen MR) is 114 cm³/mol. The van der Waals surface area contributed by atoms with Gasteiger partial charge in [0.15, 0.2) is 6.61 Å². The topological polar surface area (TPSA) is 94.5 Å². The molecule has 30 heavy (non-hydrogen) atoms. The first-order valence-corrected chi connectivity index (χ1v) is 9.39. The number of anilines is 2. The molecule has 8 nitrogen and oxygen atoms in total. The van der Waals surface area contributed by atoms with Crippen molar-refractivity contribution in [2.24, 2.45) is 0 Å².